The zero-order chi connectivity index (χ0) is 16.1. The first-order chi connectivity index (χ1) is 11.2. The summed E-state index contributed by atoms with van der Waals surface area (Å²) in [6, 6.07) is 5.56. The van der Waals surface area contributed by atoms with Crippen LogP contribution in [-0.2, 0) is 20.8 Å². The summed E-state index contributed by atoms with van der Waals surface area (Å²) in [5, 5.41) is 2.86. The molecule has 1 saturated heterocycles. The van der Waals surface area contributed by atoms with Crippen molar-refractivity contribution in [1.82, 2.24) is 15.3 Å². The molecule has 1 fully saturated rings. The highest BCUT2D eigenvalue weighted by Crippen LogP contribution is 2.11. The molecule has 1 aliphatic heterocycles. The van der Waals surface area contributed by atoms with Crippen LogP contribution in [0.4, 0.5) is 0 Å². The predicted molar refractivity (Wildman–Crippen MR) is 85.2 cm³/mol. The molecule has 3 rings (SSSR count). The third kappa shape index (κ3) is 4.43. The van der Waals surface area contributed by atoms with Crippen LogP contribution in [0.2, 0.25) is 0 Å². The monoisotopic (exact) mass is 319 g/mol. The minimum atomic E-state index is -0.230. The minimum Gasteiger partial charge on any atom is -0.381 e. The topological polar surface area (TPSA) is 96.2 Å². The zero-order valence-electron chi connectivity index (χ0n) is 12.9. The fourth-order valence-electron chi connectivity index (χ4n) is 2.64. The van der Waals surface area contributed by atoms with Crippen LogP contribution in [0.3, 0.4) is 0 Å². The van der Waals surface area contributed by atoms with Gasteiger partial charge in [-0.05, 0) is 30.5 Å². The Bertz CT molecular complexity index is 715. The van der Waals surface area contributed by atoms with Crippen molar-refractivity contribution in [3.8, 4) is 0 Å². The molecular formula is C16H21N3O4. The minimum absolute atomic E-state index is 0.0419. The van der Waals surface area contributed by atoms with Crippen LogP contribution in [0.1, 0.15) is 24.8 Å². The summed E-state index contributed by atoms with van der Waals surface area (Å²) in [5.74, 6) is -0.0419. The van der Waals surface area contributed by atoms with E-state index >= 15 is 0 Å². The molecule has 124 valence electrons. The standard InChI is InChI=1S/C16H21N3O4/c20-15(5-8-23-12-3-6-22-7-4-12)17-10-11-1-2-13-14(9-11)19-16(21)18-13/h1-2,9,12H,3-8,10H2,(H,17,20)(H2,18,19,21). The Morgan fingerprint density at radius 2 is 2.04 bits per heavy atom. The lowest BCUT2D eigenvalue weighted by molar-refractivity contribution is -0.123. The van der Waals surface area contributed by atoms with Crippen LogP contribution in [0.15, 0.2) is 23.0 Å². The van der Waals surface area contributed by atoms with Gasteiger partial charge in [-0.3, -0.25) is 4.79 Å². The van der Waals surface area contributed by atoms with Gasteiger partial charge in [0.2, 0.25) is 5.91 Å². The number of hydrogen-bond acceptors (Lipinski definition) is 4. The van der Waals surface area contributed by atoms with Gasteiger partial charge in [-0.2, -0.15) is 0 Å². The fraction of sp³-hybridized carbons (Fsp3) is 0.500. The second-order valence-electron chi connectivity index (χ2n) is 5.67. The maximum absolute atomic E-state index is 11.8. The van der Waals surface area contributed by atoms with Crippen molar-refractivity contribution in [2.75, 3.05) is 19.8 Å². The molecule has 23 heavy (non-hydrogen) atoms. The second kappa shape index (κ2) is 7.43. The summed E-state index contributed by atoms with van der Waals surface area (Å²) in [6.45, 7) is 2.33. The lowest BCUT2D eigenvalue weighted by Crippen LogP contribution is -2.27. The van der Waals surface area contributed by atoms with Crippen LogP contribution in [0.25, 0.3) is 11.0 Å². The number of ether oxygens (including phenoxy) is 2. The predicted octanol–water partition coefficient (Wildman–Crippen LogP) is 1.06. The van der Waals surface area contributed by atoms with Crippen molar-refractivity contribution < 1.29 is 14.3 Å². The highest BCUT2D eigenvalue weighted by Gasteiger charge is 2.14. The first-order valence-corrected chi connectivity index (χ1v) is 7.88. The van der Waals surface area contributed by atoms with Gasteiger partial charge in [0.05, 0.1) is 23.7 Å². The van der Waals surface area contributed by atoms with Crippen molar-refractivity contribution in [3.63, 3.8) is 0 Å². The first-order valence-electron chi connectivity index (χ1n) is 7.88. The molecule has 1 aromatic heterocycles. The number of benzene rings is 1. The molecule has 1 aliphatic rings. The van der Waals surface area contributed by atoms with Gasteiger partial charge in [-0.25, -0.2) is 4.79 Å². The van der Waals surface area contributed by atoms with Gasteiger partial charge in [0.15, 0.2) is 0 Å². The van der Waals surface area contributed by atoms with Crippen molar-refractivity contribution >= 4 is 16.9 Å². The number of aromatic nitrogens is 2. The zero-order valence-corrected chi connectivity index (χ0v) is 12.9. The van der Waals surface area contributed by atoms with Crippen LogP contribution in [-0.4, -0.2) is 41.8 Å². The molecule has 2 heterocycles. The summed E-state index contributed by atoms with van der Waals surface area (Å²) in [6.07, 6.45) is 2.36. The van der Waals surface area contributed by atoms with E-state index in [4.69, 9.17) is 9.47 Å². The van der Waals surface area contributed by atoms with Crippen molar-refractivity contribution in [2.24, 2.45) is 0 Å². The van der Waals surface area contributed by atoms with Crippen LogP contribution in [0.5, 0.6) is 0 Å². The van der Waals surface area contributed by atoms with Gasteiger partial charge in [-0.15, -0.1) is 0 Å². The Kier molecular flexibility index (Phi) is 5.09. The normalized spacial score (nSPS) is 15.8. The van der Waals surface area contributed by atoms with E-state index in [1.54, 1.807) is 0 Å². The molecule has 2 aromatic rings. The number of nitrogens with one attached hydrogen (secondary N) is 3. The van der Waals surface area contributed by atoms with Crippen LogP contribution in [0, 0.1) is 0 Å². The van der Waals surface area contributed by atoms with E-state index < -0.39 is 0 Å². The van der Waals surface area contributed by atoms with E-state index in [0.29, 0.717) is 19.6 Å². The van der Waals surface area contributed by atoms with E-state index in [0.717, 1.165) is 42.7 Å². The van der Waals surface area contributed by atoms with Gasteiger partial charge in [0.25, 0.3) is 0 Å². The summed E-state index contributed by atoms with van der Waals surface area (Å²) in [7, 11) is 0. The Morgan fingerprint density at radius 3 is 2.87 bits per heavy atom. The highest BCUT2D eigenvalue weighted by molar-refractivity contribution is 5.77. The van der Waals surface area contributed by atoms with Crippen LogP contribution < -0.4 is 11.0 Å². The average molecular weight is 319 g/mol. The number of carbonyl (C=O) groups is 1. The Hall–Kier alpha value is -2.12. The molecule has 1 aromatic carbocycles. The van der Waals surface area contributed by atoms with E-state index in [9.17, 15) is 9.59 Å². The van der Waals surface area contributed by atoms with Gasteiger partial charge in [-0.1, -0.05) is 6.07 Å². The lowest BCUT2D eigenvalue weighted by atomic mass is 10.1. The molecule has 7 nitrogen and oxygen atoms in total. The van der Waals surface area contributed by atoms with E-state index in [2.05, 4.69) is 15.3 Å². The third-order valence-electron chi connectivity index (χ3n) is 3.92. The Balaban J connectivity index is 1.41. The Morgan fingerprint density at radius 1 is 1.26 bits per heavy atom. The average Bonchev–Trinajstić information content (AvgIpc) is 2.93. The smallest absolute Gasteiger partial charge is 0.323 e. The van der Waals surface area contributed by atoms with Gasteiger partial charge >= 0.3 is 5.69 Å². The highest BCUT2D eigenvalue weighted by atomic mass is 16.5. The summed E-state index contributed by atoms with van der Waals surface area (Å²) < 4.78 is 10.9. The van der Waals surface area contributed by atoms with Gasteiger partial charge in [0.1, 0.15) is 0 Å². The molecule has 0 saturated carbocycles. The maximum atomic E-state index is 11.8. The van der Waals surface area contributed by atoms with E-state index in [-0.39, 0.29) is 17.7 Å². The van der Waals surface area contributed by atoms with Crippen LogP contribution >= 0.6 is 0 Å². The molecule has 0 atom stereocenters. The first kappa shape index (κ1) is 15.8. The summed E-state index contributed by atoms with van der Waals surface area (Å²) in [5.41, 5.74) is 2.21. The summed E-state index contributed by atoms with van der Waals surface area (Å²) in [4.78, 5) is 28.4. The number of hydrogen-bond donors (Lipinski definition) is 3. The van der Waals surface area contributed by atoms with Gasteiger partial charge < -0.3 is 24.8 Å². The fourth-order valence-corrected chi connectivity index (χ4v) is 2.64. The molecule has 7 heteroatoms. The number of imidazole rings is 1. The number of amides is 1. The number of fused-ring (bicyclic) bond motifs is 1. The third-order valence-corrected chi connectivity index (χ3v) is 3.92. The second-order valence-corrected chi connectivity index (χ2v) is 5.67. The lowest BCUT2D eigenvalue weighted by Gasteiger charge is -2.22. The van der Waals surface area contributed by atoms with E-state index in [1.165, 1.54) is 0 Å². The number of carbonyl (C=O) groups excluding carboxylic acids is 1. The number of rotatable bonds is 6. The van der Waals surface area contributed by atoms with Crippen molar-refractivity contribution in [3.05, 3.63) is 34.2 Å². The molecule has 0 unspecified atom stereocenters. The SMILES string of the molecule is O=C(CCOC1CCOCC1)NCc1ccc2[nH]c(=O)[nH]c2c1. The maximum Gasteiger partial charge on any atom is 0.323 e. The molecule has 0 bridgehead atoms. The molecular weight excluding hydrogens is 298 g/mol. The molecule has 0 spiro atoms. The van der Waals surface area contributed by atoms with Crippen molar-refractivity contribution in [1.29, 1.82) is 0 Å². The molecule has 3 N–H and O–H groups in total. The van der Waals surface area contributed by atoms with Gasteiger partial charge in [0, 0.05) is 26.2 Å². The number of aromatic amines is 2. The summed E-state index contributed by atoms with van der Waals surface area (Å²) >= 11 is 0. The number of H-pyrrole nitrogens is 2. The molecule has 1 amide bonds. The molecule has 0 radical (unpaired) electrons. The largest absolute Gasteiger partial charge is 0.381 e. The quantitative estimate of drug-likeness (QED) is 0.742. The van der Waals surface area contributed by atoms with E-state index in [1.807, 2.05) is 18.2 Å². The molecule has 0 aliphatic carbocycles. The Labute approximate surface area is 133 Å². The van der Waals surface area contributed by atoms with Crippen molar-refractivity contribution in [2.45, 2.75) is 31.9 Å².